The number of aliphatic imine (C=N–C) groups is 1. The summed E-state index contributed by atoms with van der Waals surface area (Å²) >= 11 is 0. The van der Waals surface area contributed by atoms with Gasteiger partial charge in [-0.05, 0) is 102 Å². The van der Waals surface area contributed by atoms with Gasteiger partial charge >= 0.3 is 24.0 Å². The standard InChI is InChI=1S/C76H96N20O22S2/c1-38-25-45-34-83-51-30-58(56(114-6)28-47(51)70(107)95(45)35-38)116-21-9-7-8-20-115-57-29-48(77)46(27-55(57)113-5)69(106)96-36-39(2)26-54(96)71-94(19-22-117-71)76(112)118-23-24-119-120-37-53(73(110)111)91-67(104)52(31-60(98)99)90-64(101)41(4)86-66(103)49(11-10-18-81-74(78)79)88-63(100)40(3)85-59(97)17-16-50(72(108)109)89-65(102)42-12-14-43(15-13-42)82-32-44-33-84-62-61(87-44)68(105)93-75(80)92-62/h12-15,27-30,33-34,40-41,45,49-50,52-54,71,82H,1-2,7-11,16-26,31-32,35-37,77H2,3-6H3,(H,85,97)(H,86,103)(H,88,100)(H,89,102)(H,90,101)(H,91,104)(H,98,99)(H,108,109)(H,110,111)(H4,78,79,81)(H3,80,84,92,93,105)/t40-,41-,45-,49-,50-,52-,53-,54-,71?/m0/s1. The number of fused-ring (bicyclic) bond motifs is 3. The lowest BCUT2D eigenvalue weighted by Crippen LogP contribution is -2.58. The van der Waals surface area contributed by atoms with E-state index < -0.39 is 145 Å². The van der Waals surface area contributed by atoms with E-state index in [0.717, 1.165) is 27.2 Å². The maximum Gasteiger partial charge on any atom is 0.412 e. The molecule has 0 spiro atoms. The number of likely N-dealkylation sites (tertiary alicyclic amines) is 1. The van der Waals surface area contributed by atoms with Crippen molar-refractivity contribution in [3.8, 4) is 23.0 Å². The van der Waals surface area contributed by atoms with Gasteiger partial charge in [-0.3, -0.25) is 68.2 Å². The zero-order valence-electron chi connectivity index (χ0n) is 66.0. The molecule has 9 atom stereocenters. The summed E-state index contributed by atoms with van der Waals surface area (Å²) in [6.45, 7) is 12.0. The first-order valence-electron chi connectivity index (χ1n) is 38.0. The largest absolute Gasteiger partial charge is 0.493 e. The number of H-pyrrole nitrogens is 1. The number of nitrogens with two attached hydrogens (primary N) is 3. The highest BCUT2D eigenvalue weighted by Gasteiger charge is 2.46. The molecule has 9 rings (SSSR count). The SMILES string of the molecule is C=C1C[C@H]2C=Nc3cc(OCCCCCOc4cc(N)c(C(=O)N5CC(=C)C[C@H]5C5OCCN5C(=O)OCCSSC[C@H](NC(=O)[C@H](CC(=O)O)NC(=O)[C@H](C)NC(=O)[C@H](CCCNC(=N)N)NC(=O)[C@H](C)NC(=O)CC[C@H](NC(=O)c5ccc(NCc6cnc7nc(N)[nH]c(=O)c7n6)cc5)C(=O)O)C(=O)O)cc4OC)c(OC)cc3C(=O)N2C1. The molecule has 4 aliphatic rings. The van der Waals surface area contributed by atoms with Crippen molar-refractivity contribution in [1.29, 1.82) is 5.41 Å². The molecule has 1 unspecified atom stereocenters. The number of guanidine groups is 1. The number of nitrogens with zero attached hydrogens (tertiary/aromatic N) is 7. The van der Waals surface area contributed by atoms with Crippen molar-refractivity contribution < 1.29 is 101 Å². The Labute approximate surface area is 694 Å². The summed E-state index contributed by atoms with van der Waals surface area (Å²) in [4.78, 5) is 195. The quantitative estimate of drug-likeness (QED) is 0.00657. The van der Waals surface area contributed by atoms with Crippen molar-refractivity contribution in [2.45, 2.75) is 139 Å². The highest BCUT2D eigenvalue weighted by Crippen LogP contribution is 2.40. The highest BCUT2D eigenvalue weighted by atomic mass is 33.1. The number of benzene rings is 3. The summed E-state index contributed by atoms with van der Waals surface area (Å²) in [5, 5.41) is 56.9. The van der Waals surface area contributed by atoms with Gasteiger partial charge in [0.15, 0.2) is 46.3 Å². The number of carbonyl (C=O) groups is 12. The van der Waals surface area contributed by atoms with Gasteiger partial charge in [0, 0.05) is 72.8 Å². The Balaban J connectivity index is 0.683. The number of hydrogen-bond donors (Lipinski definition) is 16. The van der Waals surface area contributed by atoms with Crippen molar-refractivity contribution >= 4 is 139 Å². The molecule has 19 N–H and O–H groups in total. The predicted octanol–water partition coefficient (Wildman–Crippen LogP) is 1.52. The molecule has 0 bridgehead atoms. The molecule has 0 saturated carbocycles. The second kappa shape index (κ2) is 42.9. The van der Waals surface area contributed by atoms with Gasteiger partial charge in [-0.15, -0.1) is 0 Å². The molecule has 120 heavy (non-hydrogen) atoms. The number of methoxy groups -OCH3 is 2. The van der Waals surface area contributed by atoms with Crippen LogP contribution in [0.5, 0.6) is 23.0 Å². The van der Waals surface area contributed by atoms with E-state index >= 15 is 0 Å². The molecule has 44 heteroatoms. The molecule has 0 aliphatic carbocycles. The second-order valence-corrected chi connectivity index (χ2v) is 30.8. The first-order valence-corrected chi connectivity index (χ1v) is 40.4. The van der Waals surface area contributed by atoms with E-state index in [1.807, 2.05) is 0 Å². The number of carbonyl (C=O) groups excluding carboxylic acids is 9. The van der Waals surface area contributed by atoms with Gasteiger partial charge in [0.05, 0.1) is 94.3 Å². The molecule has 6 heterocycles. The zero-order valence-corrected chi connectivity index (χ0v) is 67.6. The maximum atomic E-state index is 14.4. The highest BCUT2D eigenvalue weighted by molar-refractivity contribution is 8.76. The molecule has 3 aromatic carbocycles. The van der Waals surface area contributed by atoms with Gasteiger partial charge in [-0.1, -0.05) is 45.9 Å². The number of unbranched alkanes of at least 4 members (excludes halogenated alkanes) is 2. The molecule has 42 nitrogen and oxygen atoms in total. The number of anilines is 3. The summed E-state index contributed by atoms with van der Waals surface area (Å²) in [6, 6.07) is 1.90. The molecule has 4 aliphatic heterocycles. The number of rotatable bonds is 43. The van der Waals surface area contributed by atoms with Crippen LogP contribution in [0.2, 0.25) is 0 Å². The minimum Gasteiger partial charge on any atom is -0.493 e. The number of aliphatic carboxylic acids is 3. The molecule has 0 radical (unpaired) electrons. The number of amides is 9. The van der Waals surface area contributed by atoms with Crippen LogP contribution in [0.15, 0.2) is 88.8 Å². The Bertz CT molecular complexity index is 4810. The van der Waals surface area contributed by atoms with Crippen LogP contribution in [0.25, 0.3) is 11.2 Å². The van der Waals surface area contributed by atoms with Crippen molar-refractivity contribution in [2.24, 2.45) is 10.7 Å². The molecule has 9 amide bonds. The third kappa shape index (κ3) is 25.0. The van der Waals surface area contributed by atoms with E-state index in [2.05, 4.69) is 80.6 Å². The van der Waals surface area contributed by atoms with Crippen LogP contribution in [0, 0.1) is 5.41 Å². The smallest absolute Gasteiger partial charge is 0.412 e. The summed E-state index contributed by atoms with van der Waals surface area (Å²) in [7, 11) is 4.97. The maximum absolute atomic E-state index is 14.4. The van der Waals surface area contributed by atoms with Crippen LogP contribution in [0.3, 0.4) is 0 Å². The molecular formula is C76H96N20O22S2. The average molecular weight is 1710 g/mol. The van der Waals surface area contributed by atoms with Crippen molar-refractivity contribution in [3.05, 3.63) is 112 Å². The van der Waals surface area contributed by atoms with Crippen molar-refractivity contribution in [3.63, 3.8) is 0 Å². The van der Waals surface area contributed by atoms with Crippen molar-refractivity contribution in [2.75, 3.05) is 95.1 Å². The number of nitrogens with one attached hydrogen (secondary N) is 10. The summed E-state index contributed by atoms with van der Waals surface area (Å²) in [5.41, 5.74) is 20.7. The lowest BCUT2D eigenvalue weighted by atomic mass is 10.1. The Hall–Kier alpha value is -13.0. The molecule has 3 fully saturated rings. The lowest BCUT2D eigenvalue weighted by molar-refractivity contribution is -0.143. The first-order chi connectivity index (χ1) is 57.3. The third-order valence-electron chi connectivity index (χ3n) is 19.2. The van der Waals surface area contributed by atoms with E-state index in [9.17, 15) is 77.6 Å². The Morgan fingerprint density at radius 1 is 0.725 bits per heavy atom. The van der Waals surface area contributed by atoms with E-state index in [1.54, 1.807) is 23.2 Å². The lowest BCUT2D eigenvalue weighted by Gasteiger charge is -2.33. The Morgan fingerprint density at radius 3 is 2.07 bits per heavy atom. The van der Waals surface area contributed by atoms with Crippen LogP contribution in [-0.4, -0.2) is 266 Å². The predicted molar refractivity (Wildman–Crippen MR) is 438 cm³/mol. The normalized spacial score (nSPS) is 16.8. The number of aromatic amines is 1. The minimum atomic E-state index is -1.89. The molecular weight excluding hydrogens is 1610 g/mol. The van der Waals surface area contributed by atoms with Gasteiger partial charge in [0.1, 0.15) is 42.9 Å². The third-order valence-corrected chi connectivity index (χ3v) is 21.6. The summed E-state index contributed by atoms with van der Waals surface area (Å²) in [6.07, 6.45) is 2.32. The number of ether oxygens (including phenoxy) is 6. The van der Waals surface area contributed by atoms with E-state index in [0.29, 0.717) is 84.3 Å². The van der Waals surface area contributed by atoms with Gasteiger partial charge in [-0.2, -0.15) is 4.98 Å². The van der Waals surface area contributed by atoms with Gasteiger partial charge in [0.25, 0.3) is 23.3 Å². The first kappa shape index (κ1) is 90.9. The Kier molecular flexibility index (Phi) is 32.5. The molecule has 3 saturated heterocycles. The summed E-state index contributed by atoms with van der Waals surface area (Å²) < 4.78 is 35.1. The fraction of sp³-hybridized carbons (Fsp3) is 0.447. The number of carboxylic acid groups (broad SMARTS) is 3. The van der Waals surface area contributed by atoms with Crippen LogP contribution in [0.1, 0.15) is 115 Å². The monoisotopic (exact) mass is 1700 g/mol. The van der Waals surface area contributed by atoms with Crippen LogP contribution in [0.4, 0.5) is 27.8 Å². The Morgan fingerprint density at radius 2 is 1.38 bits per heavy atom. The van der Waals surface area contributed by atoms with E-state index in [1.165, 1.54) is 80.5 Å². The van der Waals surface area contributed by atoms with Crippen LogP contribution < -0.4 is 84.2 Å². The van der Waals surface area contributed by atoms with E-state index in [4.69, 9.17) is 51.0 Å². The number of carboxylic acids is 3. The number of aromatic nitrogens is 4. The van der Waals surface area contributed by atoms with Crippen LogP contribution in [-0.2, 0) is 54.4 Å². The van der Waals surface area contributed by atoms with Crippen LogP contribution >= 0.6 is 21.6 Å². The fourth-order valence-electron chi connectivity index (χ4n) is 13.0. The van der Waals surface area contributed by atoms with Gasteiger partial charge < -0.3 is 113 Å². The van der Waals surface area contributed by atoms with Gasteiger partial charge in [0.2, 0.25) is 35.5 Å². The van der Waals surface area contributed by atoms with Gasteiger partial charge in [-0.25, -0.2) is 24.4 Å². The minimum absolute atomic E-state index is 0.0222. The molecule has 644 valence electrons. The second-order valence-electron chi connectivity index (χ2n) is 28.2. The fourth-order valence-corrected chi connectivity index (χ4v) is 15.0. The topological polar surface area (TPSA) is 613 Å². The number of nitrogen functional groups attached to an aromatic ring is 2. The number of hydrogen-bond acceptors (Lipinski definition) is 29. The zero-order chi connectivity index (χ0) is 87.0. The molecule has 5 aromatic rings. The van der Waals surface area contributed by atoms with Crippen molar-refractivity contribution in [1.82, 2.24) is 71.9 Å². The van der Waals surface area contributed by atoms with E-state index in [-0.39, 0.29) is 128 Å². The average Bonchev–Trinajstić information content (AvgIpc) is 1.62. The molecule has 2 aromatic heterocycles. The summed E-state index contributed by atoms with van der Waals surface area (Å²) in [5.74, 6) is -10.4.